The zero-order valence-electron chi connectivity index (χ0n) is 16.5. The molecule has 0 spiro atoms. The lowest BCUT2D eigenvalue weighted by molar-refractivity contribution is -0.0734. The Morgan fingerprint density at radius 2 is 1.26 bits per heavy atom. The maximum absolute atomic E-state index is 6.43. The van der Waals surface area contributed by atoms with E-state index >= 15 is 0 Å². The molecular formula is C20H40N2O. The molecule has 0 aliphatic carbocycles. The first kappa shape index (κ1) is 19.2. The van der Waals surface area contributed by atoms with Gasteiger partial charge in [-0.1, -0.05) is 20.8 Å². The van der Waals surface area contributed by atoms with Crippen LogP contribution in [0.4, 0.5) is 0 Å². The van der Waals surface area contributed by atoms with Gasteiger partial charge in [0.25, 0.3) is 0 Å². The fourth-order valence-corrected chi connectivity index (χ4v) is 3.70. The van der Waals surface area contributed by atoms with Crippen LogP contribution in [0.2, 0.25) is 0 Å². The van der Waals surface area contributed by atoms with Crippen LogP contribution in [0.25, 0.3) is 0 Å². The van der Waals surface area contributed by atoms with Gasteiger partial charge in [-0.25, -0.2) is 0 Å². The second-order valence-electron chi connectivity index (χ2n) is 9.84. The van der Waals surface area contributed by atoms with Crippen LogP contribution in [0.3, 0.4) is 0 Å². The normalized spacial score (nSPS) is 24.3. The summed E-state index contributed by atoms with van der Waals surface area (Å²) >= 11 is 0. The van der Waals surface area contributed by atoms with Gasteiger partial charge in [0.05, 0.1) is 12.2 Å². The molecule has 2 rings (SSSR count). The van der Waals surface area contributed by atoms with Crippen LogP contribution < -0.4 is 0 Å². The van der Waals surface area contributed by atoms with Gasteiger partial charge in [0.1, 0.15) is 0 Å². The van der Waals surface area contributed by atoms with E-state index in [0.29, 0.717) is 23.2 Å². The number of nitrogens with zero attached hydrogens (tertiary/aromatic N) is 2. The van der Waals surface area contributed by atoms with Crippen LogP contribution >= 0.6 is 0 Å². The van der Waals surface area contributed by atoms with Gasteiger partial charge < -0.3 is 9.64 Å². The molecule has 2 fully saturated rings. The predicted molar refractivity (Wildman–Crippen MR) is 99.0 cm³/mol. The SMILES string of the molecule is CC(C)(C)CCN1CCC(OC2CCN(C(C)(C)C)CC2)CC1. The Morgan fingerprint density at radius 1 is 0.783 bits per heavy atom. The van der Waals surface area contributed by atoms with Crippen molar-refractivity contribution in [2.75, 3.05) is 32.7 Å². The van der Waals surface area contributed by atoms with Crippen molar-refractivity contribution in [3.63, 3.8) is 0 Å². The van der Waals surface area contributed by atoms with Crippen molar-refractivity contribution < 1.29 is 4.74 Å². The van der Waals surface area contributed by atoms with E-state index in [2.05, 4.69) is 51.3 Å². The van der Waals surface area contributed by atoms with Gasteiger partial charge in [0.2, 0.25) is 0 Å². The molecular weight excluding hydrogens is 284 g/mol. The molecule has 3 nitrogen and oxygen atoms in total. The minimum Gasteiger partial charge on any atom is -0.375 e. The number of hydrogen-bond acceptors (Lipinski definition) is 3. The molecule has 0 saturated carbocycles. The summed E-state index contributed by atoms with van der Waals surface area (Å²) in [6, 6.07) is 0. The highest BCUT2D eigenvalue weighted by atomic mass is 16.5. The smallest absolute Gasteiger partial charge is 0.0603 e. The number of likely N-dealkylation sites (tertiary alicyclic amines) is 2. The Balaban J connectivity index is 1.64. The standard InChI is InChI=1S/C20H40N2O/c1-19(2,3)11-16-21-12-7-17(8-13-21)23-18-9-14-22(15-10-18)20(4,5)6/h17-18H,7-16H2,1-6H3. The molecule has 0 amide bonds. The molecule has 23 heavy (non-hydrogen) atoms. The summed E-state index contributed by atoms with van der Waals surface area (Å²) in [6.45, 7) is 20.1. The van der Waals surface area contributed by atoms with E-state index in [-0.39, 0.29) is 0 Å². The molecule has 0 N–H and O–H groups in total. The lowest BCUT2D eigenvalue weighted by Gasteiger charge is -2.42. The molecule has 2 heterocycles. The molecule has 2 aliphatic rings. The maximum Gasteiger partial charge on any atom is 0.0603 e. The van der Waals surface area contributed by atoms with Crippen molar-refractivity contribution in [3.8, 4) is 0 Å². The maximum atomic E-state index is 6.43. The molecule has 0 unspecified atom stereocenters. The van der Waals surface area contributed by atoms with Crippen LogP contribution in [-0.4, -0.2) is 60.3 Å². The van der Waals surface area contributed by atoms with Crippen LogP contribution in [0.15, 0.2) is 0 Å². The van der Waals surface area contributed by atoms with E-state index in [1.165, 1.54) is 64.8 Å². The van der Waals surface area contributed by atoms with Gasteiger partial charge in [0, 0.05) is 31.7 Å². The summed E-state index contributed by atoms with van der Waals surface area (Å²) in [5.41, 5.74) is 0.762. The Kier molecular flexibility index (Phi) is 6.55. The third kappa shape index (κ3) is 6.72. The number of rotatable bonds is 4. The van der Waals surface area contributed by atoms with E-state index in [4.69, 9.17) is 4.74 Å². The molecule has 0 bridgehead atoms. The number of hydrogen-bond donors (Lipinski definition) is 0. The fraction of sp³-hybridized carbons (Fsp3) is 1.00. The van der Waals surface area contributed by atoms with Gasteiger partial charge in [-0.3, -0.25) is 4.90 Å². The average Bonchev–Trinajstić information content (AvgIpc) is 2.45. The molecule has 136 valence electrons. The highest BCUT2D eigenvalue weighted by molar-refractivity contribution is 4.83. The highest BCUT2D eigenvalue weighted by Gasteiger charge is 2.29. The summed E-state index contributed by atoms with van der Waals surface area (Å²) in [5, 5.41) is 0. The third-order valence-corrected chi connectivity index (χ3v) is 5.49. The summed E-state index contributed by atoms with van der Waals surface area (Å²) in [5.74, 6) is 0. The van der Waals surface area contributed by atoms with Gasteiger partial charge >= 0.3 is 0 Å². The van der Waals surface area contributed by atoms with Crippen molar-refractivity contribution in [2.24, 2.45) is 5.41 Å². The Morgan fingerprint density at radius 3 is 1.70 bits per heavy atom. The third-order valence-electron chi connectivity index (χ3n) is 5.49. The molecule has 3 heteroatoms. The van der Waals surface area contributed by atoms with Crippen molar-refractivity contribution in [2.45, 2.75) is 91.4 Å². The summed E-state index contributed by atoms with van der Waals surface area (Å²) < 4.78 is 6.43. The quantitative estimate of drug-likeness (QED) is 0.772. The molecule has 0 aromatic rings. The lowest BCUT2D eigenvalue weighted by Crippen LogP contribution is -2.48. The number of piperidine rings is 2. The first-order valence-electron chi connectivity index (χ1n) is 9.76. The van der Waals surface area contributed by atoms with E-state index < -0.39 is 0 Å². The van der Waals surface area contributed by atoms with E-state index in [1.54, 1.807) is 0 Å². The van der Waals surface area contributed by atoms with Crippen molar-refractivity contribution in [1.82, 2.24) is 9.80 Å². The van der Waals surface area contributed by atoms with Crippen LogP contribution in [0, 0.1) is 5.41 Å². The first-order chi connectivity index (χ1) is 10.6. The zero-order chi connectivity index (χ0) is 17.1. The Labute approximate surface area is 144 Å². The largest absolute Gasteiger partial charge is 0.375 e. The molecule has 0 radical (unpaired) electrons. The van der Waals surface area contributed by atoms with Crippen LogP contribution in [-0.2, 0) is 4.74 Å². The second kappa shape index (κ2) is 7.84. The second-order valence-corrected chi connectivity index (χ2v) is 9.84. The van der Waals surface area contributed by atoms with E-state index in [9.17, 15) is 0 Å². The molecule has 2 saturated heterocycles. The van der Waals surface area contributed by atoms with E-state index in [0.717, 1.165) is 0 Å². The minimum absolute atomic E-state index is 0.309. The molecule has 0 aromatic heterocycles. The van der Waals surface area contributed by atoms with Crippen LogP contribution in [0.1, 0.15) is 73.6 Å². The summed E-state index contributed by atoms with van der Waals surface area (Å²) in [7, 11) is 0. The predicted octanol–water partition coefficient (Wildman–Crippen LogP) is 4.17. The van der Waals surface area contributed by atoms with Gasteiger partial charge in [-0.05, 0) is 64.8 Å². The first-order valence-corrected chi connectivity index (χ1v) is 9.76. The van der Waals surface area contributed by atoms with Crippen molar-refractivity contribution in [3.05, 3.63) is 0 Å². The van der Waals surface area contributed by atoms with Crippen molar-refractivity contribution in [1.29, 1.82) is 0 Å². The Bertz CT molecular complexity index is 340. The molecule has 0 atom stereocenters. The zero-order valence-corrected chi connectivity index (χ0v) is 16.5. The topological polar surface area (TPSA) is 15.7 Å². The molecule has 0 aromatic carbocycles. The average molecular weight is 325 g/mol. The monoisotopic (exact) mass is 324 g/mol. The lowest BCUT2D eigenvalue weighted by atomic mass is 9.91. The van der Waals surface area contributed by atoms with Gasteiger partial charge in [-0.2, -0.15) is 0 Å². The molecule has 2 aliphatic heterocycles. The highest BCUT2D eigenvalue weighted by Crippen LogP contribution is 2.25. The van der Waals surface area contributed by atoms with Crippen LogP contribution in [0.5, 0.6) is 0 Å². The summed E-state index contributed by atoms with van der Waals surface area (Å²) in [6.07, 6.45) is 7.17. The van der Waals surface area contributed by atoms with Gasteiger partial charge in [-0.15, -0.1) is 0 Å². The minimum atomic E-state index is 0.309. The van der Waals surface area contributed by atoms with Crippen molar-refractivity contribution >= 4 is 0 Å². The Hall–Kier alpha value is -0.120. The van der Waals surface area contributed by atoms with Gasteiger partial charge in [0.15, 0.2) is 0 Å². The fourth-order valence-electron chi connectivity index (χ4n) is 3.70. The summed E-state index contributed by atoms with van der Waals surface area (Å²) in [4.78, 5) is 5.23. The number of ether oxygens (including phenoxy) is 1. The van der Waals surface area contributed by atoms with E-state index in [1.807, 2.05) is 0 Å².